The van der Waals surface area contributed by atoms with Gasteiger partial charge < -0.3 is 25.4 Å². The van der Waals surface area contributed by atoms with Crippen LogP contribution >= 0.6 is 11.3 Å². The average molecular weight is 548 g/mol. The van der Waals surface area contributed by atoms with Crippen molar-refractivity contribution in [1.82, 2.24) is 15.6 Å². The predicted molar refractivity (Wildman–Crippen MR) is 149 cm³/mol. The van der Waals surface area contributed by atoms with Gasteiger partial charge in [-0.05, 0) is 62.1 Å². The van der Waals surface area contributed by atoms with Gasteiger partial charge in [-0.25, -0.2) is 9.78 Å². The maximum Gasteiger partial charge on any atom is 0.331 e. The third kappa shape index (κ3) is 4.72. The van der Waals surface area contributed by atoms with Crippen LogP contribution in [0.15, 0.2) is 43.1 Å². The molecule has 1 saturated heterocycles. The Morgan fingerprint density at radius 3 is 2.77 bits per heavy atom. The Morgan fingerprint density at radius 1 is 1.21 bits per heavy atom. The van der Waals surface area contributed by atoms with Crippen LogP contribution < -0.4 is 25.6 Å². The minimum atomic E-state index is -0.361. The van der Waals surface area contributed by atoms with Crippen LogP contribution in [0.4, 0.5) is 21.9 Å². The van der Waals surface area contributed by atoms with Gasteiger partial charge in [-0.2, -0.15) is 0 Å². The summed E-state index contributed by atoms with van der Waals surface area (Å²) in [6.45, 7) is 6.71. The Labute approximate surface area is 229 Å². The summed E-state index contributed by atoms with van der Waals surface area (Å²) in [5.41, 5.74) is 2.70. The molecule has 1 aliphatic carbocycles. The van der Waals surface area contributed by atoms with Crippen molar-refractivity contribution in [3.05, 3.63) is 53.6 Å². The van der Waals surface area contributed by atoms with E-state index < -0.39 is 0 Å². The average Bonchev–Trinajstić information content (AvgIpc) is 3.67. The highest BCUT2D eigenvalue weighted by molar-refractivity contribution is 7.21. The van der Waals surface area contributed by atoms with Crippen molar-refractivity contribution in [2.24, 2.45) is 0 Å². The lowest BCUT2D eigenvalue weighted by Gasteiger charge is -2.30. The second-order valence-corrected chi connectivity index (χ2v) is 11.0. The van der Waals surface area contributed by atoms with E-state index in [0.717, 1.165) is 42.4 Å². The molecule has 2 aromatic heterocycles. The number of ether oxygens (including phenoxy) is 2. The maximum absolute atomic E-state index is 13.5. The molecule has 11 heteroatoms. The number of nitrogens with one attached hydrogen (secondary N) is 3. The highest BCUT2D eigenvalue weighted by Gasteiger charge is 2.35. The number of benzene rings is 1. The van der Waals surface area contributed by atoms with Crippen molar-refractivity contribution >= 4 is 56.5 Å². The molecule has 3 aliphatic rings. The zero-order chi connectivity index (χ0) is 27.1. The van der Waals surface area contributed by atoms with Crippen LogP contribution in [0.1, 0.15) is 40.9 Å². The molecule has 2 fully saturated rings. The molecule has 39 heavy (non-hydrogen) atoms. The number of pyridine rings is 1. The van der Waals surface area contributed by atoms with Crippen LogP contribution in [0.5, 0.6) is 5.75 Å². The summed E-state index contributed by atoms with van der Waals surface area (Å²) in [5, 5.41) is 9.63. The highest BCUT2D eigenvalue weighted by Crippen LogP contribution is 2.46. The van der Waals surface area contributed by atoms with Crippen LogP contribution in [-0.4, -0.2) is 54.2 Å². The van der Waals surface area contributed by atoms with Crippen LogP contribution in [0.2, 0.25) is 0 Å². The van der Waals surface area contributed by atoms with Crippen molar-refractivity contribution in [1.29, 1.82) is 0 Å². The summed E-state index contributed by atoms with van der Waals surface area (Å²) in [6, 6.07) is 6.70. The summed E-state index contributed by atoms with van der Waals surface area (Å²) in [4.78, 5) is 45.9. The molecule has 0 radical (unpaired) electrons. The number of amides is 4. The number of urea groups is 1. The largest absolute Gasteiger partial charge is 0.488 e. The van der Waals surface area contributed by atoms with E-state index in [1.807, 2.05) is 25.1 Å². The molecule has 3 aromatic rings. The maximum atomic E-state index is 13.5. The van der Waals surface area contributed by atoms with E-state index in [1.54, 1.807) is 17.2 Å². The smallest absolute Gasteiger partial charge is 0.331 e. The summed E-state index contributed by atoms with van der Waals surface area (Å²) >= 11 is 1.24. The first-order chi connectivity index (χ1) is 18.9. The van der Waals surface area contributed by atoms with Gasteiger partial charge in [-0.15, -0.1) is 11.3 Å². The molecule has 3 atom stereocenters. The molecule has 4 heterocycles. The zero-order valence-electron chi connectivity index (χ0n) is 21.5. The molecule has 6 rings (SSSR count). The lowest BCUT2D eigenvalue weighted by Crippen LogP contribution is -2.48. The van der Waals surface area contributed by atoms with Gasteiger partial charge in [-0.3, -0.25) is 14.5 Å². The molecular formula is C28H29N5O5S. The quantitative estimate of drug-likeness (QED) is 0.377. The lowest BCUT2D eigenvalue weighted by atomic mass is 10.1. The Kier molecular flexibility index (Phi) is 6.69. The van der Waals surface area contributed by atoms with Gasteiger partial charge in [0, 0.05) is 24.7 Å². The van der Waals surface area contributed by atoms with E-state index in [2.05, 4.69) is 27.5 Å². The monoisotopic (exact) mass is 547 g/mol. The van der Waals surface area contributed by atoms with Crippen LogP contribution in [0.25, 0.3) is 10.2 Å². The van der Waals surface area contributed by atoms with E-state index in [-0.39, 0.29) is 36.0 Å². The minimum absolute atomic E-state index is 0.0315. The number of rotatable bonds is 7. The summed E-state index contributed by atoms with van der Waals surface area (Å²) < 4.78 is 11.4. The standard InChI is InChI=1S/C28H29N5O5S/c1-3-22(34)30-18-5-4-6-19(18)31-26(35)25-24-23-21(9-11-29-27(23)39-25)33(28(36)32-24)20-8-7-16(13-15(20)2)38-17-10-12-37-14-17/h3,7-9,11,13,17-19H,1,4-6,10,12,14H2,2H3,(H,30,34)(H,31,35)(H,32,36)/t17-,18?,19?/m0/s1. The Morgan fingerprint density at radius 2 is 2.03 bits per heavy atom. The van der Waals surface area contributed by atoms with E-state index >= 15 is 0 Å². The number of hydrogen-bond acceptors (Lipinski definition) is 7. The molecular weight excluding hydrogens is 518 g/mol. The van der Waals surface area contributed by atoms with E-state index in [0.29, 0.717) is 40.0 Å². The number of thiophene rings is 1. The Hall–Kier alpha value is -3.96. The van der Waals surface area contributed by atoms with Gasteiger partial charge in [0.2, 0.25) is 5.91 Å². The Bertz CT molecular complexity index is 1480. The molecule has 2 aliphatic heterocycles. The number of carbonyl (C=O) groups is 3. The fraction of sp³-hybridized carbons (Fsp3) is 0.357. The molecule has 2 unspecified atom stereocenters. The van der Waals surface area contributed by atoms with Crippen molar-refractivity contribution in [3.8, 4) is 5.75 Å². The van der Waals surface area contributed by atoms with Gasteiger partial charge in [0.05, 0.1) is 35.7 Å². The molecule has 1 aromatic carbocycles. The Balaban J connectivity index is 1.29. The topological polar surface area (TPSA) is 122 Å². The van der Waals surface area contributed by atoms with E-state index in [9.17, 15) is 14.4 Å². The molecule has 0 bridgehead atoms. The highest BCUT2D eigenvalue weighted by atomic mass is 32.1. The van der Waals surface area contributed by atoms with Crippen LogP contribution in [-0.2, 0) is 9.53 Å². The van der Waals surface area contributed by atoms with Gasteiger partial charge in [0.15, 0.2) is 0 Å². The third-order valence-electron chi connectivity index (χ3n) is 7.40. The number of nitrogens with zero attached hydrogens (tertiary/aromatic N) is 2. The molecule has 0 spiro atoms. The van der Waals surface area contributed by atoms with Gasteiger partial charge in [0.25, 0.3) is 5.91 Å². The van der Waals surface area contributed by atoms with Crippen molar-refractivity contribution < 1.29 is 23.9 Å². The normalized spacial score (nSPS) is 22.0. The molecule has 202 valence electrons. The van der Waals surface area contributed by atoms with Gasteiger partial charge in [-0.1, -0.05) is 6.58 Å². The first-order valence-electron chi connectivity index (χ1n) is 13.0. The van der Waals surface area contributed by atoms with Crippen LogP contribution in [0.3, 0.4) is 0 Å². The summed E-state index contributed by atoms with van der Waals surface area (Å²) in [5.74, 6) is 0.168. The van der Waals surface area contributed by atoms with Crippen molar-refractivity contribution in [2.45, 2.75) is 50.8 Å². The fourth-order valence-corrected chi connectivity index (χ4v) is 6.54. The zero-order valence-corrected chi connectivity index (χ0v) is 22.3. The second kappa shape index (κ2) is 10.3. The first-order valence-corrected chi connectivity index (χ1v) is 13.9. The number of aryl methyl sites for hydroxylation is 1. The van der Waals surface area contributed by atoms with E-state index in [4.69, 9.17) is 9.47 Å². The SMILES string of the molecule is C=CC(=O)NC1CCCC1NC(=O)c1sc2nccc3c2c1NC(=O)N3c1ccc(O[C@H]2CCOC2)cc1C. The van der Waals surface area contributed by atoms with Crippen LogP contribution in [0, 0.1) is 6.92 Å². The molecule has 1 saturated carbocycles. The number of carbonyl (C=O) groups excluding carboxylic acids is 3. The third-order valence-corrected chi connectivity index (χ3v) is 8.49. The molecule has 10 nitrogen and oxygen atoms in total. The van der Waals surface area contributed by atoms with Gasteiger partial charge in [0.1, 0.15) is 21.6 Å². The molecule has 3 N–H and O–H groups in total. The number of aromatic nitrogens is 1. The number of anilines is 3. The second-order valence-electron chi connectivity index (χ2n) is 9.96. The van der Waals surface area contributed by atoms with Crippen molar-refractivity contribution in [3.63, 3.8) is 0 Å². The van der Waals surface area contributed by atoms with E-state index in [1.165, 1.54) is 17.4 Å². The lowest BCUT2D eigenvalue weighted by molar-refractivity contribution is -0.117. The van der Waals surface area contributed by atoms with Gasteiger partial charge >= 0.3 is 6.03 Å². The minimum Gasteiger partial charge on any atom is -0.488 e. The summed E-state index contributed by atoms with van der Waals surface area (Å²) in [6.07, 6.45) is 6.19. The predicted octanol–water partition coefficient (Wildman–Crippen LogP) is 4.41. The number of hydrogen-bond donors (Lipinski definition) is 3. The molecule has 4 amide bonds. The van der Waals surface area contributed by atoms with Crippen molar-refractivity contribution in [2.75, 3.05) is 23.4 Å². The fourth-order valence-electron chi connectivity index (χ4n) is 5.52. The first kappa shape index (κ1) is 25.3. The summed E-state index contributed by atoms with van der Waals surface area (Å²) in [7, 11) is 0.